The van der Waals surface area contributed by atoms with E-state index < -0.39 is 0 Å². The lowest BCUT2D eigenvalue weighted by molar-refractivity contribution is 0.133. The average Bonchev–Trinajstić information content (AvgIpc) is 2.58. The third-order valence-electron chi connectivity index (χ3n) is 2.57. The molecule has 2 saturated heterocycles. The summed E-state index contributed by atoms with van der Waals surface area (Å²) in [5, 5.41) is 3.36. The fourth-order valence-electron chi connectivity index (χ4n) is 1.86. The van der Waals surface area contributed by atoms with Crippen LogP contribution in [0, 0.1) is 0 Å². The first-order valence-electron chi connectivity index (χ1n) is 4.49. The van der Waals surface area contributed by atoms with Crippen LogP contribution in [0.25, 0.3) is 0 Å². The summed E-state index contributed by atoms with van der Waals surface area (Å²) in [6.45, 7) is 6.63. The van der Waals surface area contributed by atoms with E-state index in [0.29, 0.717) is 0 Å². The summed E-state index contributed by atoms with van der Waals surface area (Å²) in [5.41, 5.74) is 0. The van der Waals surface area contributed by atoms with Gasteiger partial charge < -0.3 is 10.1 Å². The van der Waals surface area contributed by atoms with E-state index in [9.17, 15) is 0 Å². The van der Waals surface area contributed by atoms with E-state index in [4.69, 9.17) is 4.74 Å². The summed E-state index contributed by atoms with van der Waals surface area (Å²) in [5.74, 6) is 0. The topological polar surface area (TPSA) is 24.5 Å². The largest absolute Gasteiger partial charge is 0.380 e. The summed E-state index contributed by atoms with van der Waals surface area (Å²) in [6, 6.07) is 0.720. The van der Waals surface area contributed by atoms with Gasteiger partial charge in [0.15, 0.2) is 0 Å². The molecule has 0 aliphatic carbocycles. The van der Waals surface area contributed by atoms with E-state index in [1.807, 2.05) is 0 Å². The van der Waals surface area contributed by atoms with Crippen molar-refractivity contribution in [3.63, 3.8) is 0 Å². The van der Waals surface area contributed by atoms with E-state index in [2.05, 4.69) is 10.2 Å². The molecule has 2 fully saturated rings. The normalized spacial score (nSPS) is 34.4. The van der Waals surface area contributed by atoms with E-state index in [1.165, 1.54) is 19.5 Å². The van der Waals surface area contributed by atoms with Crippen molar-refractivity contribution in [2.75, 3.05) is 39.4 Å². The predicted molar refractivity (Wildman–Crippen MR) is 43.7 cm³/mol. The molecular weight excluding hydrogens is 140 g/mol. The molecule has 1 atom stereocenters. The first-order chi connectivity index (χ1) is 5.47. The lowest BCUT2D eigenvalue weighted by atomic mass is 10.2. The zero-order valence-electron chi connectivity index (χ0n) is 6.88. The van der Waals surface area contributed by atoms with Gasteiger partial charge in [-0.05, 0) is 6.42 Å². The maximum Gasteiger partial charge on any atom is 0.0622 e. The van der Waals surface area contributed by atoms with Crippen LogP contribution in [0.15, 0.2) is 0 Å². The van der Waals surface area contributed by atoms with Crippen LogP contribution in [0.1, 0.15) is 6.42 Å². The summed E-state index contributed by atoms with van der Waals surface area (Å²) in [4.78, 5) is 2.55. The fourth-order valence-corrected chi connectivity index (χ4v) is 1.86. The molecule has 2 heterocycles. The number of piperazine rings is 1. The third kappa shape index (κ3) is 1.72. The Morgan fingerprint density at radius 1 is 1.27 bits per heavy atom. The van der Waals surface area contributed by atoms with Gasteiger partial charge in [0.2, 0.25) is 0 Å². The monoisotopic (exact) mass is 156 g/mol. The van der Waals surface area contributed by atoms with E-state index in [1.54, 1.807) is 0 Å². The second-order valence-electron chi connectivity index (χ2n) is 3.30. The van der Waals surface area contributed by atoms with Gasteiger partial charge in [0, 0.05) is 38.8 Å². The Balaban J connectivity index is 1.82. The average molecular weight is 156 g/mol. The molecule has 2 aliphatic heterocycles. The Hall–Kier alpha value is -0.120. The van der Waals surface area contributed by atoms with Gasteiger partial charge in [-0.2, -0.15) is 0 Å². The standard InChI is InChI=1S/C8H16N2O/c1-6-11-7-8(1)10-4-2-9-3-5-10/h8-9H,1-7H2/t8-/m1/s1. The van der Waals surface area contributed by atoms with Crippen molar-refractivity contribution in [2.24, 2.45) is 0 Å². The molecule has 0 aromatic rings. The Morgan fingerprint density at radius 2 is 2.09 bits per heavy atom. The van der Waals surface area contributed by atoms with Gasteiger partial charge in [0.1, 0.15) is 0 Å². The van der Waals surface area contributed by atoms with Gasteiger partial charge in [-0.3, -0.25) is 4.90 Å². The zero-order valence-corrected chi connectivity index (χ0v) is 6.88. The maximum absolute atomic E-state index is 5.35. The highest BCUT2D eigenvalue weighted by atomic mass is 16.5. The number of hydrogen-bond acceptors (Lipinski definition) is 3. The van der Waals surface area contributed by atoms with E-state index in [-0.39, 0.29) is 0 Å². The second-order valence-corrected chi connectivity index (χ2v) is 3.30. The molecular formula is C8H16N2O. The first-order valence-corrected chi connectivity index (χ1v) is 4.49. The van der Waals surface area contributed by atoms with Crippen molar-refractivity contribution in [2.45, 2.75) is 12.5 Å². The van der Waals surface area contributed by atoms with Crippen molar-refractivity contribution < 1.29 is 4.74 Å². The zero-order chi connectivity index (χ0) is 7.52. The van der Waals surface area contributed by atoms with Gasteiger partial charge in [-0.1, -0.05) is 0 Å². The fraction of sp³-hybridized carbons (Fsp3) is 1.00. The van der Waals surface area contributed by atoms with Gasteiger partial charge in [0.25, 0.3) is 0 Å². The molecule has 2 rings (SSSR count). The predicted octanol–water partition coefficient (Wildman–Crippen LogP) is -0.319. The van der Waals surface area contributed by atoms with Crippen molar-refractivity contribution in [1.29, 1.82) is 0 Å². The number of nitrogens with one attached hydrogen (secondary N) is 1. The van der Waals surface area contributed by atoms with Crippen molar-refractivity contribution >= 4 is 0 Å². The number of rotatable bonds is 1. The molecule has 0 unspecified atom stereocenters. The van der Waals surface area contributed by atoms with E-state index >= 15 is 0 Å². The Labute approximate surface area is 67.7 Å². The van der Waals surface area contributed by atoms with Crippen LogP contribution >= 0.6 is 0 Å². The molecule has 0 saturated carbocycles. The second kappa shape index (κ2) is 3.52. The van der Waals surface area contributed by atoms with Crippen LogP contribution in [-0.4, -0.2) is 50.3 Å². The molecule has 3 heteroatoms. The first kappa shape index (κ1) is 7.53. The summed E-state index contributed by atoms with van der Waals surface area (Å²) in [7, 11) is 0. The number of hydrogen-bond donors (Lipinski definition) is 1. The van der Waals surface area contributed by atoms with Gasteiger partial charge in [-0.25, -0.2) is 0 Å². The molecule has 64 valence electrons. The van der Waals surface area contributed by atoms with Gasteiger partial charge in [0.05, 0.1) is 6.61 Å². The van der Waals surface area contributed by atoms with Crippen LogP contribution in [0.2, 0.25) is 0 Å². The minimum absolute atomic E-state index is 0.720. The number of ether oxygens (including phenoxy) is 1. The molecule has 0 radical (unpaired) electrons. The lowest BCUT2D eigenvalue weighted by Crippen LogP contribution is -2.48. The smallest absolute Gasteiger partial charge is 0.0622 e. The molecule has 1 N–H and O–H groups in total. The van der Waals surface area contributed by atoms with Gasteiger partial charge in [-0.15, -0.1) is 0 Å². The van der Waals surface area contributed by atoms with Crippen LogP contribution in [-0.2, 0) is 4.74 Å². The van der Waals surface area contributed by atoms with Crippen molar-refractivity contribution in [3.05, 3.63) is 0 Å². The minimum atomic E-state index is 0.720. The van der Waals surface area contributed by atoms with Gasteiger partial charge >= 0.3 is 0 Å². The summed E-state index contributed by atoms with van der Waals surface area (Å²) >= 11 is 0. The third-order valence-corrected chi connectivity index (χ3v) is 2.57. The molecule has 0 amide bonds. The van der Waals surface area contributed by atoms with Crippen molar-refractivity contribution in [1.82, 2.24) is 10.2 Å². The Morgan fingerprint density at radius 3 is 2.73 bits per heavy atom. The quantitative estimate of drug-likeness (QED) is 0.563. The highest BCUT2D eigenvalue weighted by Gasteiger charge is 2.23. The SMILES string of the molecule is C1CN([C@@H]2CCOC2)CCN1. The van der Waals surface area contributed by atoms with Crippen LogP contribution in [0.3, 0.4) is 0 Å². The Bertz CT molecular complexity index is 117. The van der Waals surface area contributed by atoms with Crippen LogP contribution in [0.5, 0.6) is 0 Å². The lowest BCUT2D eigenvalue weighted by Gasteiger charge is -2.31. The summed E-state index contributed by atoms with van der Waals surface area (Å²) < 4.78 is 5.35. The van der Waals surface area contributed by atoms with Crippen LogP contribution < -0.4 is 5.32 Å². The van der Waals surface area contributed by atoms with E-state index in [0.717, 1.165) is 32.3 Å². The number of nitrogens with zero attached hydrogens (tertiary/aromatic N) is 1. The van der Waals surface area contributed by atoms with Crippen LogP contribution in [0.4, 0.5) is 0 Å². The Kier molecular flexibility index (Phi) is 2.41. The molecule has 0 spiro atoms. The van der Waals surface area contributed by atoms with Crippen molar-refractivity contribution in [3.8, 4) is 0 Å². The highest BCUT2D eigenvalue weighted by molar-refractivity contribution is 4.79. The molecule has 0 bridgehead atoms. The maximum atomic E-state index is 5.35. The molecule has 11 heavy (non-hydrogen) atoms. The molecule has 0 aromatic heterocycles. The highest BCUT2D eigenvalue weighted by Crippen LogP contribution is 2.12. The molecule has 0 aromatic carbocycles. The minimum Gasteiger partial charge on any atom is -0.380 e. The molecule has 2 aliphatic rings. The summed E-state index contributed by atoms with van der Waals surface area (Å²) in [6.07, 6.45) is 1.24. The molecule has 3 nitrogen and oxygen atoms in total.